The number of hydrogen-bond donors (Lipinski definition) is 2. The monoisotopic (exact) mass is 467 g/mol. The summed E-state index contributed by atoms with van der Waals surface area (Å²) in [4.78, 5) is 16.7. The number of nitrogens with two attached hydrogens (primary N) is 1. The third-order valence-corrected chi connectivity index (χ3v) is 5.58. The number of ether oxygens (including phenoxy) is 2. The molecule has 11 heteroatoms. The number of nitrogen functional groups attached to an aromatic ring is 1. The van der Waals surface area contributed by atoms with Gasteiger partial charge in [0.25, 0.3) is 0 Å². The lowest BCUT2D eigenvalue weighted by molar-refractivity contribution is 0.174. The molecule has 0 bridgehead atoms. The van der Waals surface area contributed by atoms with Gasteiger partial charge in [-0.2, -0.15) is 14.4 Å². The zero-order valence-corrected chi connectivity index (χ0v) is 19.3. The van der Waals surface area contributed by atoms with Crippen LogP contribution in [0.2, 0.25) is 0 Å². The van der Waals surface area contributed by atoms with Gasteiger partial charge in [-0.3, -0.25) is 0 Å². The Morgan fingerprint density at radius 2 is 1.97 bits per heavy atom. The maximum atomic E-state index is 14.0. The maximum absolute atomic E-state index is 14.0. The molecule has 4 heterocycles. The number of halogens is 1. The minimum atomic E-state index is -0.878. The number of hydrogen-bond acceptors (Lipinski definition) is 9. The molecule has 178 valence electrons. The third kappa shape index (κ3) is 4.26. The SMILES string of the molecule is Cc1cnc(-c2cc3c(cc2Cc2nc4c(N)nc(F)nc4n2CCCNC(C)C)OCO3)o1. The summed E-state index contributed by atoms with van der Waals surface area (Å²) >= 11 is 0. The first-order valence-corrected chi connectivity index (χ1v) is 11.2. The number of fused-ring (bicyclic) bond motifs is 2. The zero-order valence-electron chi connectivity index (χ0n) is 19.3. The number of nitrogens with zero attached hydrogens (tertiary/aromatic N) is 5. The van der Waals surface area contributed by atoms with Gasteiger partial charge in [-0.1, -0.05) is 13.8 Å². The summed E-state index contributed by atoms with van der Waals surface area (Å²) in [6.45, 7) is 7.54. The van der Waals surface area contributed by atoms with Gasteiger partial charge in [0, 0.05) is 24.6 Å². The molecule has 0 unspecified atom stereocenters. The fraction of sp³-hybridized carbons (Fsp3) is 0.391. The van der Waals surface area contributed by atoms with E-state index < -0.39 is 6.08 Å². The topological polar surface area (TPSA) is 126 Å². The van der Waals surface area contributed by atoms with Crippen molar-refractivity contribution >= 4 is 17.0 Å². The Labute approximate surface area is 195 Å². The van der Waals surface area contributed by atoms with Crippen LogP contribution in [0.5, 0.6) is 11.5 Å². The summed E-state index contributed by atoms with van der Waals surface area (Å²) in [6, 6.07) is 4.13. The highest BCUT2D eigenvalue weighted by atomic mass is 19.1. The molecule has 1 aliphatic heterocycles. The van der Waals surface area contributed by atoms with Crippen LogP contribution < -0.4 is 20.5 Å². The molecule has 34 heavy (non-hydrogen) atoms. The summed E-state index contributed by atoms with van der Waals surface area (Å²) in [5.41, 5.74) is 8.37. The first-order valence-electron chi connectivity index (χ1n) is 11.2. The molecule has 0 aliphatic carbocycles. The Hall–Kier alpha value is -3.73. The molecular formula is C23H26FN7O3. The minimum Gasteiger partial charge on any atom is -0.454 e. The Morgan fingerprint density at radius 3 is 2.71 bits per heavy atom. The van der Waals surface area contributed by atoms with Gasteiger partial charge in [0.2, 0.25) is 12.7 Å². The van der Waals surface area contributed by atoms with Crippen molar-refractivity contribution in [3.63, 3.8) is 0 Å². The van der Waals surface area contributed by atoms with Crippen LogP contribution in [0.1, 0.15) is 37.4 Å². The van der Waals surface area contributed by atoms with Gasteiger partial charge in [0.05, 0.1) is 6.20 Å². The molecule has 0 fully saturated rings. The number of nitrogens with one attached hydrogen (secondary N) is 1. The smallest absolute Gasteiger partial charge is 0.312 e. The van der Waals surface area contributed by atoms with E-state index in [4.69, 9.17) is 24.6 Å². The molecule has 0 amide bonds. The maximum Gasteiger partial charge on any atom is 0.312 e. The van der Waals surface area contributed by atoms with Crippen molar-refractivity contribution in [1.29, 1.82) is 0 Å². The van der Waals surface area contributed by atoms with Crippen molar-refractivity contribution in [2.45, 2.75) is 46.2 Å². The zero-order chi connectivity index (χ0) is 23.8. The Morgan fingerprint density at radius 1 is 1.18 bits per heavy atom. The number of aryl methyl sites for hydroxylation is 2. The van der Waals surface area contributed by atoms with E-state index in [9.17, 15) is 4.39 Å². The average molecular weight is 468 g/mol. The van der Waals surface area contributed by atoms with Crippen molar-refractivity contribution in [2.75, 3.05) is 19.1 Å². The summed E-state index contributed by atoms with van der Waals surface area (Å²) < 4.78 is 32.9. The van der Waals surface area contributed by atoms with E-state index in [1.807, 2.05) is 23.6 Å². The van der Waals surface area contributed by atoms with Crippen molar-refractivity contribution in [2.24, 2.45) is 0 Å². The first-order chi connectivity index (χ1) is 16.4. The summed E-state index contributed by atoms with van der Waals surface area (Å²) in [5.74, 6) is 3.12. The second-order valence-corrected chi connectivity index (χ2v) is 8.51. The highest BCUT2D eigenvalue weighted by Crippen LogP contribution is 2.39. The number of rotatable bonds is 8. The number of aromatic nitrogens is 5. The lowest BCUT2D eigenvalue weighted by Crippen LogP contribution is -2.24. The number of benzene rings is 1. The second-order valence-electron chi connectivity index (χ2n) is 8.51. The van der Waals surface area contributed by atoms with Crippen LogP contribution in [0.15, 0.2) is 22.7 Å². The van der Waals surface area contributed by atoms with Gasteiger partial charge in [-0.05, 0) is 37.6 Å². The summed E-state index contributed by atoms with van der Waals surface area (Å²) in [5, 5.41) is 3.39. The molecule has 0 atom stereocenters. The molecule has 3 aromatic heterocycles. The van der Waals surface area contributed by atoms with Crippen LogP contribution >= 0.6 is 0 Å². The first kappa shape index (κ1) is 22.1. The van der Waals surface area contributed by atoms with Crippen LogP contribution in [0.25, 0.3) is 22.6 Å². The molecule has 10 nitrogen and oxygen atoms in total. The van der Waals surface area contributed by atoms with E-state index in [1.54, 1.807) is 6.20 Å². The van der Waals surface area contributed by atoms with Crippen molar-refractivity contribution in [1.82, 2.24) is 29.8 Å². The Kier molecular flexibility index (Phi) is 5.78. The van der Waals surface area contributed by atoms with E-state index in [2.05, 4.69) is 34.1 Å². The van der Waals surface area contributed by atoms with Gasteiger partial charge in [-0.25, -0.2) is 9.97 Å². The Balaban J connectivity index is 1.57. The lowest BCUT2D eigenvalue weighted by Gasteiger charge is -2.13. The fourth-order valence-corrected chi connectivity index (χ4v) is 4.02. The summed E-state index contributed by atoms with van der Waals surface area (Å²) in [6.07, 6.45) is 1.98. The minimum absolute atomic E-state index is 0.0111. The van der Waals surface area contributed by atoms with Crippen molar-refractivity contribution < 1.29 is 18.3 Å². The normalized spacial score (nSPS) is 12.9. The quantitative estimate of drug-likeness (QED) is 0.297. The van der Waals surface area contributed by atoms with Crippen LogP contribution in [-0.2, 0) is 13.0 Å². The van der Waals surface area contributed by atoms with Crippen molar-refractivity contribution in [3.05, 3.63) is 41.6 Å². The Bertz CT molecular complexity index is 1350. The molecule has 1 aromatic carbocycles. The van der Waals surface area contributed by atoms with Gasteiger partial charge in [0.1, 0.15) is 11.6 Å². The van der Waals surface area contributed by atoms with Crippen LogP contribution in [-0.4, -0.2) is 43.9 Å². The van der Waals surface area contributed by atoms with E-state index in [1.165, 1.54) is 0 Å². The predicted octanol–water partition coefficient (Wildman–Crippen LogP) is 3.22. The van der Waals surface area contributed by atoms with Gasteiger partial charge >= 0.3 is 6.08 Å². The molecule has 0 saturated heterocycles. The number of oxazole rings is 1. The van der Waals surface area contributed by atoms with E-state index >= 15 is 0 Å². The van der Waals surface area contributed by atoms with Crippen LogP contribution in [0.4, 0.5) is 10.2 Å². The summed E-state index contributed by atoms with van der Waals surface area (Å²) in [7, 11) is 0. The van der Waals surface area contributed by atoms with Crippen LogP contribution in [0.3, 0.4) is 0 Å². The van der Waals surface area contributed by atoms with Gasteiger partial charge < -0.3 is 29.5 Å². The molecule has 5 rings (SSSR count). The average Bonchev–Trinajstić information content (AvgIpc) is 3.49. The van der Waals surface area contributed by atoms with E-state index in [0.29, 0.717) is 59.1 Å². The van der Waals surface area contributed by atoms with E-state index in [0.717, 1.165) is 24.1 Å². The van der Waals surface area contributed by atoms with Gasteiger partial charge in [-0.15, -0.1) is 0 Å². The highest BCUT2D eigenvalue weighted by Gasteiger charge is 2.23. The molecule has 4 aromatic rings. The predicted molar refractivity (Wildman–Crippen MR) is 123 cm³/mol. The van der Waals surface area contributed by atoms with Crippen molar-refractivity contribution in [3.8, 4) is 23.0 Å². The molecule has 3 N–H and O–H groups in total. The second kappa shape index (κ2) is 8.90. The molecular weight excluding hydrogens is 441 g/mol. The van der Waals surface area contributed by atoms with Crippen LogP contribution in [0, 0.1) is 13.0 Å². The third-order valence-electron chi connectivity index (χ3n) is 5.58. The highest BCUT2D eigenvalue weighted by molar-refractivity contribution is 5.82. The number of imidazole rings is 1. The van der Waals surface area contributed by atoms with E-state index in [-0.39, 0.29) is 12.6 Å². The molecule has 0 radical (unpaired) electrons. The fourth-order valence-electron chi connectivity index (χ4n) is 4.02. The molecule has 1 aliphatic rings. The molecule has 0 saturated carbocycles. The standard InChI is InChI=1S/C23H26FN7O3/c1-12(2)26-5-4-6-31-18(28-19-20(25)29-23(24)30-21(19)31)8-14-7-16-17(33-11-32-16)9-15(14)22-27-10-13(3)34-22/h7,9-10,12,26H,4-6,8,11H2,1-3H3,(H2,25,29,30). The largest absolute Gasteiger partial charge is 0.454 e. The molecule has 0 spiro atoms. The van der Waals surface area contributed by atoms with Gasteiger partial charge in [0.15, 0.2) is 28.5 Å². The lowest BCUT2D eigenvalue weighted by atomic mass is 10.0. The number of anilines is 1.